The van der Waals surface area contributed by atoms with E-state index < -0.39 is 10.0 Å². The highest BCUT2D eigenvalue weighted by atomic mass is 35.5. The number of hydrogen-bond donors (Lipinski definition) is 2. The summed E-state index contributed by atoms with van der Waals surface area (Å²) in [4.78, 5) is 0. The molecular weight excluding hydrogens is 284 g/mol. The molecule has 1 rings (SSSR count). The van der Waals surface area contributed by atoms with Crippen LogP contribution < -0.4 is 10.5 Å². The number of benzene rings is 1. The van der Waals surface area contributed by atoms with Crippen molar-refractivity contribution in [3.63, 3.8) is 0 Å². The average Bonchev–Trinajstić information content (AvgIpc) is 2.36. The Labute approximate surface area is 122 Å². The highest BCUT2D eigenvalue weighted by molar-refractivity contribution is 7.89. The highest BCUT2D eigenvalue weighted by Gasteiger charge is 2.16. The van der Waals surface area contributed by atoms with Gasteiger partial charge in [0.25, 0.3) is 0 Å². The van der Waals surface area contributed by atoms with Crippen molar-refractivity contribution in [1.29, 1.82) is 0 Å². The van der Waals surface area contributed by atoms with Crippen LogP contribution in [0.15, 0.2) is 30.3 Å². The van der Waals surface area contributed by atoms with Crippen molar-refractivity contribution < 1.29 is 8.42 Å². The molecular formula is C13H23ClN2O2S. The van der Waals surface area contributed by atoms with Crippen LogP contribution in [0.2, 0.25) is 0 Å². The second-order valence-corrected chi connectivity index (χ2v) is 6.51. The van der Waals surface area contributed by atoms with Crippen molar-refractivity contribution in [1.82, 2.24) is 4.72 Å². The molecule has 0 aromatic heterocycles. The Hall–Kier alpha value is -0.620. The molecule has 0 aliphatic rings. The Morgan fingerprint density at radius 1 is 1.26 bits per heavy atom. The Bertz CT molecular complexity index is 451. The van der Waals surface area contributed by atoms with Gasteiger partial charge < -0.3 is 5.73 Å². The largest absolute Gasteiger partial charge is 0.323 e. The minimum Gasteiger partial charge on any atom is -0.323 e. The van der Waals surface area contributed by atoms with Gasteiger partial charge in [-0.15, -0.1) is 12.4 Å². The molecule has 19 heavy (non-hydrogen) atoms. The van der Waals surface area contributed by atoms with Crippen LogP contribution >= 0.6 is 12.4 Å². The van der Waals surface area contributed by atoms with Crippen molar-refractivity contribution in [2.45, 2.75) is 26.3 Å². The van der Waals surface area contributed by atoms with E-state index in [1.54, 1.807) is 0 Å². The Morgan fingerprint density at radius 3 is 2.37 bits per heavy atom. The van der Waals surface area contributed by atoms with Gasteiger partial charge in [-0.2, -0.15) is 0 Å². The van der Waals surface area contributed by atoms with Gasteiger partial charge in [-0.3, -0.25) is 0 Å². The Kier molecular flexibility index (Phi) is 8.25. The van der Waals surface area contributed by atoms with Crippen molar-refractivity contribution in [3.8, 4) is 0 Å². The molecule has 0 fully saturated rings. The van der Waals surface area contributed by atoms with E-state index in [2.05, 4.69) is 4.72 Å². The molecule has 2 atom stereocenters. The zero-order valence-electron chi connectivity index (χ0n) is 11.4. The summed E-state index contributed by atoms with van der Waals surface area (Å²) in [6.07, 6.45) is 0.853. The van der Waals surface area contributed by atoms with E-state index in [4.69, 9.17) is 5.73 Å². The van der Waals surface area contributed by atoms with Crippen LogP contribution in [-0.2, 0) is 10.0 Å². The molecule has 3 N–H and O–H groups in total. The summed E-state index contributed by atoms with van der Waals surface area (Å²) in [7, 11) is -3.23. The van der Waals surface area contributed by atoms with Gasteiger partial charge >= 0.3 is 0 Å². The molecule has 6 heteroatoms. The van der Waals surface area contributed by atoms with E-state index in [0.29, 0.717) is 0 Å². The van der Waals surface area contributed by atoms with E-state index in [0.717, 1.165) is 12.0 Å². The van der Waals surface area contributed by atoms with Crippen LogP contribution in [0.4, 0.5) is 0 Å². The summed E-state index contributed by atoms with van der Waals surface area (Å²) in [5.41, 5.74) is 6.87. The van der Waals surface area contributed by atoms with Crippen molar-refractivity contribution in [2.75, 3.05) is 12.3 Å². The second kappa shape index (κ2) is 8.53. The van der Waals surface area contributed by atoms with Crippen molar-refractivity contribution >= 4 is 22.4 Å². The fraction of sp³-hybridized carbons (Fsp3) is 0.538. The molecule has 110 valence electrons. The molecule has 0 heterocycles. The molecule has 0 aliphatic heterocycles. The quantitative estimate of drug-likeness (QED) is 0.810. The van der Waals surface area contributed by atoms with Gasteiger partial charge in [-0.05, 0) is 11.5 Å². The van der Waals surface area contributed by atoms with E-state index in [9.17, 15) is 8.42 Å². The van der Waals surface area contributed by atoms with Crippen LogP contribution in [0.1, 0.15) is 31.9 Å². The van der Waals surface area contributed by atoms with Gasteiger partial charge in [-0.25, -0.2) is 13.1 Å². The number of halogens is 1. The lowest BCUT2D eigenvalue weighted by molar-refractivity contribution is 0.546. The molecule has 0 spiro atoms. The molecule has 4 nitrogen and oxygen atoms in total. The summed E-state index contributed by atoms with van der Waals surface area (Å²) in [5.74, 6) is 0.320. The fourth-order valence-corrected chi connectivity index (χ4v) is 3.12. The third-order valence-corrected chi connectivity index (χ3v) is 4.57. The molecule has 1 aromatic rings. The van der Waals surface area contributed by atoms with Gasteiger partial charge in [0, 0.05) is 12.6 Å². The number of nitrogens with two attached hydrogens (primary N) is 1. The SMILES string of the molecule is CCC(C)CS(=O)(=O)NCC(N)c1ccccc1.Cl. The molecule has 0 amide bonds. The lowest BCUT2D eigenvalue weighted by Crippen LogP contribution is -2.34. The van der Waals surface area contributed by atoms with Crippen LogP contribution in [0.3, 0.4) is 0 Å². The van der Waals surface area contributed by atoms with Crippen LogP contribution in [-0.4, -0.2) is 20.7 Å². The fourth-order valence-electron chi connectivity index (χ4n) is 1.59. The maximum absolute atomic E-state index is 11.8. The van der Waals surface area contributed by atoms with E-state index >= 15 is 0 Å². The van der Waals surface area contributed by atoms with Gasteiger partial charge in [0.15, 0.2) is 0 Å². The third-order valence-electron chi connectivity index (χ3n) is 2.95. The summed E-state index contributed by atoms with van der Waals surface area (Å²) in [5, 5.41) is 0. The predicted molar refractivity (Wildman–Crippen MR) is 81.9 cm³/mol. The minimum absolute atomic E-state index is 0. The minimum atomic E-state index is -3.23. The zero-order chi connectivity index (χ0) is 13.6. The molecule has 0 saturated carbocycles. The summed E-state index contributed by atoms with van der Waals surface area (Å²) >= 11 is 0. The smallest absolute Gasteiger partial charge is 0.211 e. The molecule has 2 unspecified atom stereocenters. The summed E-state index contributed by atoms with van der Waals surface area (Å²) in [6, 6.07) is 9.17. The molecule has 0 bridgehead atoms. The highest BCUT2D eigenvalue weighted by Crippen LogP contribution is 2.09. The maximum atomic E-state index is 11.8. The lowest BCUT2D eigenvalue weighted by Gasteiger charge is -2.15. The molecule has 0 saturated heterocycles. The van der Waals surface area contributed by atoms with Crippen LogP contribution in [0.25, 0.3) is 0 Å². The lowest BCUT2D eigenvalue weighted by atomic mass is 10.1. The van der Waals surface area contributed by atoms with Crippen LogP contribution in [0, 0.1) is 5.92 Å². The Morgan fingerprint density at radius 2 is 1.84 bits per heavy atom. The first-order valence-electron chi connectivity index (χ1n) is 6.22. The first-order valence-corrected chi connectivity index (χ1v) is 7.87. The van der Waals surface area contributed by atoms with Gasteiger partial charge in [0.05, 0.1) is 5.75 Å². The average molecular weight is 307 g/mol. The van der Waals surface area contributed by atoms with Crippen molar-refractivity contribution in [2.24, 2.45) is 11.7 Å². The number of nitrogens with one attached hydrogen (secondary N) is 1. The van der Waals surface area contributed by atoms with Crippen LogP contribution in [0.5, 0.6) is 0 Å². The van der Waals surface area contributed by atoms with Crippen molar-refractivity contribution in [3.05, 3.63) is 35.9 Å². The number of rotatable bonds is 7. The predicted octanol–water partition coefficient (Wildman–Crippen LogP) is 2.07. The van der Waals surface area contributed by atoms with E-state index in [1.807, 2.05) is 44.2 Å². The molecule has 1 aromatic carbocycles. The van der Waals surface area contributed by atoms with Gasteiger partial charge in [0.2, 0.25) is 10.0 Å². The summed E-state index contributed by atoms with van der Waals surface area (Å²) < 4.78 is 26.1. The van der Waals surface area contributed by atoms with Gasteiger partial charge in [-0.1, -0.05) is 50.6 Å². The van der Waals surface area contributed by atoms with Gasteiger partial charge in [0.1, 0.15) is 0 Å². The first-order chi connectivity index (χ1) is 8.44. The molecule has 0 radical (unpaired) electrons. The second-order valence-electron chi connectivity index (χ2n) is 4.66. The number of hydrogen-bond acceptors (Lipinski definition) is 3. The topological polar surface area (TPSA) is 72.2 Å². The molecule has 0 aliphatic carbocycles. The monoisotopic (exact) mass is 306 g/mol. The van der Waals surface area contributed by atoms with E-state index in [1.165, 1.54) is 0 Å². The standard InChI is InChI=1S/C13H22N2O2S.ClH/c1-3-11(2)10-18(16,17)15-9-13(14)12-7-5-4-6-8-12;/h4-8,11,13,15H,3,9-10,14H2,1-2H3;1H. The first kappa shape index (κ1) is 18.4. The van der Waals surface area contributed by atoms with E-state index in [-0.39, 0.29) is 36.7 Å². The third kappa shape index (κ3) is 6.92. The number of sulfonamides is 1. The summed E-state index contributed by atoms with van der Waals surface area (Å²) in [6.45, 7) is 4.15. The Balaban J connectivity index is 0.00000324. The maximum Gasteiger partial charge on any atom is 0.211 e. The normalized spacial score (nSPS) is 14.5. The zero-order valence-corrected chi connectivity index (χ0v) is 13.0.